The van der Waals surface area contributed by atoms with E-state index >= 15 is 0 Å². The SMILES string of the molecule is Cc1ccccc1SCc1noc(C2(N)CCOCC2)n1. The molecule has 21 heavy (non-hydrogen) atoms. The van der Waals surface area contributed by atoms with Crippen LogP contribution in [0.3, 0.4) is 0 Å². The number of thioether (sulfide) groups is 1. The molecule has 0 unspecified atom stereocenters. The van der Waals surface area contributed by atoms with E-state index < -0.39 is 5.54 Å². The van der Waals surface area contributed by atoms with Crippen molar-refractivity contribution >= 4 is 11.8 Å². The Bertz CT molecular complexity index is 608. The highest BCUT2D eigenvalue weighted by Crippen LogP contribution is 2.29. The molecule has 0 amide bonds. The molecular weight excluding hydrogens is 286 g/mol. The summed E-state index contributed by atoms with van der Waals surface area (Å²) in [5.41, 5.74) is 7.07. The van der Waals surface area contributed by atoms with Crippen LogP contribution < -0.4 is 5.73 Å². The normalized spacial score (nSPS) is 17.8. The molecule has 1 aromatic carbocycles. The molecule has 1 fully saturated rings. The molecule has 1 aliphatic heterocycles. The van der Waals surface area contributed by atoms with Gasteiger partial charge < -0.3 is 15.0 Å². The van der Waals surface area contributed by atoms with Crippen molar-refractivity contribution in [2.24, 2.45) is 5.73 Å². The Hall–Kier alpha value is -1.37. The second kappa shape index (κ2) is 6.17. The predicted molar refractivity (Wildman–Crippen MR) is 81.0 cm³/mol. The molecule has 112 valence electrons. The Labute approximate surface area is 128 Å². The number of nitrogens with zero attached hydrogens (tertiary/aromatic N) is 2. The third-order valence-corrected chi connectivity index (χ3v) is 4.90. The number of nitrogens with two attached hydrogens (primary N) is 1. The molecule has 6 heteroatoms. The van der Waals surface area contributed by atoms with Crippen molar-refractivity contribution in [1.29, 1.82) is 0 Å². The Kier molecular flexibility index (Phi) is 4.28. The van der Waals surface area contributed by atoms with E-state index in [1.54, 1.807) is 11.8 Å². The highest BCUT2D eigenvalue weighted by molar-refractivity contribution is 7.98. The Morgan fingerprint density at radius 2 is 2.05 bits per heavy atom. The van der Waals surface area contributed by atoms with Gasteiger partial charge in [0.2, 0.25) is 5.89 Å². The van der Waals surface area contributed by atoms with Gasteiger partial charge in [0.1, 0.15) is 5.54 Å². The molecule has 1 aliphatic rings. The van der Waals surface area contributed by atoms with E-state index in [-0.39, 0.29) is 0 Å². The Balaban J connectivity index is 1.67. The summed E-state index contributed by atoms with van der Waals surface area (Å²) < 4.78 is 10.7. The average Bonchev–Trinajstić information content (AvgIpc) is 2.97. The van der Waals surface area contributed by atoms with Crippen LogP contribution in [-0.2, 0) is 16.0 Å². The van der Waals surface area contributed by atoms with Crippen molar-refractivity contribution in [3.05, 3.63) is 41.5 Å². The Morgan fingerprint density at radius 3 is 2.81 bits per heavy atom. The lowest BCUT2D eigenvalue weighted by molar-refractivity contribution is 0.0400. The van der Waals surface area contributed by atoms with Crippen LogP contribution in [0.15, 0.2) is 33.7 Å². The molecule has 0 spiro atoms. The van der Waals surface area contributed by atoms with E-state index in [1.165, 1.54) is 10.5 Å². The van der Waals surface area contributed by atoms with Gasteiger partial charge >= 0.3 is 0 Å². The second-order valence-electron chi connectivity index (χ2n) is 5.34. The molecule has 0 saturated carbocycles. The number of rotatable bonds is 4. The molecular formula is C15H19N3O2S. The van der Waals surface area contributed by atoms with Gasteiger partial charge in [0.25, 0.3) is 0 Å². The topological polar surface area (TPSA) is 74.2 Å². The molecule has 2 heterocycles. The molecule has 5 nitrogen and oxygen atoms in total. The molecule has 0 radical (unpaired) electrons. The van der Waals surface area contributed by atoms with Crippen molar-refractivity contribution in [3.8, 4) is 0 Å². The van der Waals surface area contributed by atoms with Crippen molar-refractivity contribution in [2.75, 3.05) is 13.2 Å². The lowest BCUT2D eigenvalue weighted by atomic mass is 9.91. The van der Waals surface area contributed by atoms with Gasteiger partial charge in [0, 0.05) is 18.1 Å². The number of benzene rings is 1. The van der Waals surface area contributed by atoms with E-state index in [0.29, 0.717) is 30.7 Å². The third kappa shape index (κ3) is 3.28. The first-order valence-corrected chi connectivity index (χ1v) is 8.04. The summed E-state index contributed by atoms with van der Waals surface area (Å²) in [5, 5.41) is 4.05. The van der Waals surface area contributed by atoms with Gasteiger partial charge in [-0.2, -0.15) is 4.98 Å². The maximum Gasteiger partial charge on any atom is 0.246 e. The van der Waals surface area contributed by atoms with E-state index in [2.05, 4.69) is 29.2 Å². The minimum atomic E-state index is -0.531. The molecule has 1 saturated heterocycles. The number of aromatic nitrogens is 2. The van der Waals surface area contributed by atoms with Crippen LogP contribution in [0, 0.1) is 6.92 Å². The quantitative estimate of drug-likeness (QED) is 0.875. The van der Waals surface area contributed by atoms with Crippen LogP contribution in [0.1, 0.15) is 30.1 Å². The summed E-state index contributed by atoms with van der Waals surface area (Å²) in [6.45, 7) is 3.39. The first-order valence-electron chi connectivity index (χ1n) is 7.05. The lowest BCUT2D eigenvalue weighted by Crippen LogP contribution is -2.42. The largest absolute Gasteiger partial charge is 0.381 e. The highest BCUT2D eigenvalue weighted by atomic mass is 32.2. The fourth-order valence-electron chi connectivity index (χ4n) is 2.33. The maximum absolute atomic E-state index is 6.34. The molecule has 0 bridgehead atoms. The monoisotopic (exact) mass is 305 g/mol. The lowest BCUT2D eigenvalue weighted by Gasteiger charge is -2.29. The molecule has 2 N–H and O–H groups in total. The fourth-order valence-corrected chi connectivity index (χ4v) is 3.20. The van der Waals surface area contributed by atoms with Gasteiger partial charge in [-0.05, 0) is 31.4 Å². The minimum absolute atomic E-state index is 0.531. The molecule has 0 atom stereocenters. The maximum atomic E-state index is 6.34. The standard InChI is InChI=1S/C15H19N3O2S/c1-11-4-2-3-5-12(11)21-10-13-17-14(20-18-13)15(16)6-8-19-9-7-15/h2-5H,6-10,16H2,1H3. The summed E-state index contributed by atoms with van der Waals surface area (Å²) in [6, 6.07) is 8.27. The zero-order valence-electron chi connectivity index (χ0n) is 12.0. The third-order valence-electron chi connectivity index (χ3n) is 3.73. The van der Waals surface area contributed by atoms with Crippen LogP contribution in [0.25, 0.3) is 0 Å². The van der Waals surface area contributed by atoms with Crippen LogP contribution in [0.4, 0.5) is 0 Å². The van der Waals surface area contributed by atoms with Crippen LogP contribution in [-0.4, -0.2) is 23.4 Å². The number of hydrogen-bond donors (Lipinski definition) is 1. The zero-order valence-corrected chi connectivity index (χ0v) is 12.9. The van der Waals surface area contributed by atoms with E-state index in [1.807, 2.05) is 12.1 Å². The van der Waals surface area contributed by atoms with Gasteiger partial charge in [-0.1, -0.05) is 23.4 Å². The summed E-state index contributed by atoms with van der Waals surface area (Å²) in [5.74, 6) is 1.90. The van der Waals surface area contributed by atoms with E-state index in [4.69, 9.17) is 15.0 Å². The Morgan fingerprint density at radius 1 is 1.29 bits per heavy atom. The van der Waals surface area contributed by atoms with Crippen molar-refractivity contribution in [1.82, 2.24) is 10.1 Å². The highest BCUT2D eigenvalue weighted by Gasteiger charge is 2.35. The predicted octanol–water partition coefficient (Wildman–Crippen LogP) is 2.63. The van der Waals surface area contributed by atoms with Gasteiger partial charge in [-0.25, -0.2) is 0 Å². The van der Waals surface area contributed by atoms with Gasteiger partial charge in [0.15, 0.2) is 5.82 Å². The number of ether oxygens (including phenoxy) is 1. The van der Waals surface area contributed by atoms with E-state index in [0.717, 1.165) is 12.8 Å². The van der Waals surface area contributed by atoms with Crippen LogP contribution in [0.2, 0.25) is 0 Å². The fraction of sp³-hybridized carbons (Fsp3) is 0.467. The molecule has 2 aromatic rings. The zero-order chi connectivity index (χ0) is 14.7. The first kappa shape index (κ1) is 14.6. The van der Waals surface area contributed by atoms with Gasteiger partial charge in [-0.15, -0.1) is 11.8 Å². The van der Waals surface area contributed by atoms with Crippen molar-refractivity contribution in [3.63, 3.8) is 0 Å². The van der Waals surface area contributed by atoms with Crippen LogP contribution >= 0.6 is 11.8 Å². The molecule has 1 aromatic heterocycles. The average molecular weight is 305 g/mol. The summed E-state index contributed by atoms with van der Waals surface area (Å²) in [4.78, 5) is 5.70. The minimum Gasteiger partial charge on any atom is -0.381 e. The summed E-state index contributed by atoms with van der Waals surface area (Å²) in [7, 11) is 0. The van der Waals surface area contributed by atoms with Crippen LogP contribution in [0.5, 0.6) is 0 Å². The van der Waals surface area contributed by atoms with E-state index in [9.17, 15) is 0 Å². The van der Waals surface area contributed by atoms with Crippen molar-refractivity contribution < 1.29 is 9.26 Å². The number of hydrogen-bond acceptors (Lipinski definition) is 6. The molecule has 3 rings (SSSR count). The molecule has 0 aliphatic carbocycles. The first-order chi connectivity index (χ1) is 10.2. The van der Waals surface area contributed by atoms with Crippen molar-refractivity contribution in [2.45, 2.75) is 36.0 Å². The smallest absolute Gasteiger partial charge is 0.246 e. The summed E-state index contributed by atoms with van der Waals surface area (Å²) in [6.07, 6.45) is 1.44. The second-order valence-corrected chi connectivity index (χ2v) is 6.36. The van der Waals surface area contributed by atoms with Gasteiger partial charge in [-0.3, -0.25) is 0 Å². The number of aryl methyl sites for hydroxylation is 1. The van der Waals surface area contributed by atoms with Gasteiger partial charge in [0.05, 0.1) is 5.75 Å². The summed E-state index contributed by atoms with van der Waals surface area (Å²) >= 11 is 1.71.